The minimum Gasteiger partial charge on any atom is -0.435 e. The van der Waals surface area contributed by atoms with Crippen LogP contribution in [0.15, 0.2) is 29.8 Å². The van der Waals surface area contributed by atoms with Crippen LogP contribution >= 0.6 is 0 Å². The Balaban J connectivity index is 2.09. The third kappa shape index (κ3) is 4.76. The summed E-state index contributed by atoms with van der Waals surface area (Å²) in [7, 11) is 1.98. The number of piperazine rings is 1. The summed E-state index contributed by atoms with van der Waals surface area (Å²) in [6, 6.07) is 7.69. The second-order valence-electron chi connectivity index (χ2n) is 5.21. The van der Waals surface area contributed by atoms with Gasteiger partial charge in [-0.3, -0.25) is 4.79 Å². The van der Waals surface area contributed by atoms with Gasteiger partial charge in [-0.05, 0) is 30.8 Å². The SMILES string of the molecule is CN1CCN(C(=O)/C(C#N)=C\c2ccc(OC(F)F)cc2)CC1. The first-order valence-corrected chi connectivity index (χ1v) is 7.14. The van der Waals surface area contributed by atoms with Gasteiger partial charge in [0.05, 0.1) is 0 Å². The fraction of sp³-hybridized carbons (Fsp3) is 0.375. The molecule has 1 fully saturated rings. The monoisotopic (exact) mass is 321 g/mol. The zero-order valence-corrected chi connectivity index (χ0v) is 12.7. The molecule has 1 aliphatic heterocycles. The van der Waals surface area contributed by atoms with Gasteiger partial charge in [-0.15, -0.1) is 0 Å². The first-order valence-electron chi connectivity index (χ1n) is 7.14. The van der Waals surface area contributed by atoms with Gasteiger partial charge in [0.25, 0.3) is 5.91 Å². The van der Waals surface area contributed by atoms with Crippen LogP contribution < -0.4 is 4.74 Å². The Hall–Kier alpha value is -2.46. The molecule has 0 aromatic heterocycles. The van der Waals surface area contributed by atoms with Crippen molar-refractivity contribution in [1.29, 1.82) is 5.26 Å². The van der Waals surface area contributed by atoms with E-state index in [2.05, 4.69) is 9.64 Å². The standard InChI is InChI=1S/C16H17F2N3O2/c1-20-6-8-21(9-7-20)15(22)13(11-19)10-12-2-4-14(5-3-12)23-16(17)18/h2-5,10,16H,6-9H2,1H3/b13-10-. The lowest BCUT2D eigenvalue weighted by Gasteiger charge is -2.32. The molecule has 1 saturated heterocycles. The van der Waals surface area contributed by atoms with Crippen LogP contribution in [-0.4, -0.2) is 55.5 Å². The van der Waals surface area contributed by atoms with Gasteiger partial charge < -0.3 is 14.5 Å². The van der Waals surface area contributed by atoms with Crippen molar-refractivity contribution in [2.45, 2.75) is 6.61 Å². The Labute approximate surface area is 133 Å². The van der Waals surface area contributed by atoms with E-state index >= 15 is 0 Å². The first kappa shape index (κ1) is 16.9. The summed E-state index contributed by atoms with van der Waals surface area (Å²) in [5.74, 6) is -0.283. The molecule has 0 N–H and O–H groups in total. The van der Waals surface area contributed by atoms with Crippen molar-refractivity contribution >= 4 is 12.0 Å². The number of amides is 1. The van der Waals surface area contributed by atoms with Crippen molar-refractivity contribution in [2.75, 3.05) is 33.2 Å². The number of ether oxygens (including phenoxy) is 1. The number of carbonyl (C=O) groups is 1. The molecule has 0 bridgehead atoms. The number of likely N-dealkylation sites (N-methyl/N-ethyl adjacent to an activating group) is 1. The van der Waals surface area contributed by atoms with E-state index < -0.39 is 6.61 Å². The minimum absolute atomic E-state index is 0.0251. The second-order valence-corrected chi connectivity index (χ2v) is 5.21. The summed E-state index contributed by atoms with van der Waals surface area (Å²) in [6.45, 7) is -0.191. The van der Waals surface area contributed by atoms with Crippen LogP contribution in [-0.2, 0) is 4.79 Å². The largest absolute Gasteiger partial charge is 0.435 e. The van der Waals surface area contributed by atoms with Gasteiger partial charge in [-0.2, -0.15) is 14.0 Å². The molecule has 2 rings (SSSR count). The molecule has 0 saturated carbocycles. The predicted octanol–water partition coefficient (Wildman–Crippen LogP) is 1.97. The molecule has 122 valence electrons. The van der Waals surface area contributed by atoms with Crippen LogP contribution in [0.1, 0.15) is 5.56 Å². The van der Waals surface area contributed by atoms with Crippen molar-refractivity contribution in [3.05, 3.63) is 35.4 Å². The molecule has 1 aromatic carbocycles. The van der Waals surface area contributed by atoms with Crippen molar-refractivity contribution < 1.29 is 18.3 Å². The highest BCUT2D eigenvalue weighted by molar-refractivity contribution is 6.01. The summed E-state index contributed by atoms with van der Waals surface area (Å²) >= 11 is 0. The first-order chi connectivity index (χ1) is 11.0. The fourth-order valence-corrected chi connectivity index (χ4v) is 2.23. The highest BCUT2D eigenvalue weighted by Crippen LogP contribution is 2.17. The van der Waals surface area contributed by atoms with E-state index in [0.29, 0.717) is 18.7 Å². The normalized spacial score (nSPS) is 16.3. The number of nitriles is 1. The van der Waals surface area contributed by atoms with Crippen LogP contribution in [0.2, 0.25) is 0 Å². The molecular weight excluding hydrogens is 304 g/mol. The maximum atomic E-state index is 12.3. The van der Waals surface area contributed by atoms with Crippen LogP contribution in [0.3, 0.4) is 0 Å². The molecule has 0 atom stereocenters. The lowest BCUT2D eigenvalue weighted by Crippen LogP contribution is -2.47. The zero-order valence-electron chi connectivity index (χ0n) is 12.7. The number of benzene rings is 1. The number of rotatable bonds is 4. The number of hydrogen-bond acceptors (Lipinski definition) is 4. The highest BCUT2D eigenvalue weighted by Gasteiger charge is 2.22. The molecular formula is C16H17F2N3O2. The second kappa shape index (κ2) is 7.70. The predicted molar refractivity (Wildman–Crippen MR) is 80.7 cm³/mol. The van der Waals surface area contributed by atoms with E-state index in [-0.39, 0.29) is 17.2 Å². The molecule has 0 aliphatic carbocycles. The third-order valence-electron chi connectivity index (χ3n) is 3.56. The van der Waals surface area contributed by atoms with E-state index in [9.17, 15) is 18.8 Å². The van der Waals surface area contributed by atoms with Gasteiger partial charge in [0, 0.05) is 26.2 Å². The smallest absolute Gasteiger partial charge is 0.387 e. The summed E-state index contributed by atoms with van der Waals surface area (Å²) in [5, 5.41) is 9.21. The summed E-state index contributed by atoms with van der Waals surface area (Å²) < 4.78 is 28.4. The summed E-state index contributed by atoms with van der Waals surface area (Å²) in [4.78, 5) is 16.1. The van der Waals surface area contributed by atoms with Gasteiger partial charge in [0.1, 0.15) is 17.4 Å². The Bertz CT molecular complexity index is 615. The Morgan fingerprint density at radius 2 is 1.87 bits per heavy atom. The van der Waals surface area contributed by atoms with Gasteiger partial charge >= 0.3 is 6.61 Å². The molecule has 1 aliphatic rings. The maximum absolute atomic E-state index is 12.3. The van der Waals surface area contributed by atoms with Crippen molar-refractivity contribution in [2.24, 2.45) is 0 Å². The molecule has 1 aromatic rings. The van der Waals surface area contributed by atoms with Crippen LogP contribution in [0.4, 0.5) is 8.78 Å². The molecule has 0 unspecified atom stereocenters. The lowest BCUT2D eigenvalue weighted by molar-refractivity contribution is -0.128. The average molecular weight is 321 g/mol. The van der Waals surface area contributed by atoms with Gasteiger partial charge in [0.2, 0.25) is 0 Å². The van der Waals surface area contributed by atoms with Crippen molar-refractivity contribution in [3.8, 4) is 11.8 Å². The highest BCUT2D eigenvalue weighted by atomic mass is 19.3. The lowest BCUT2D eigenvalue weighted by atomic mass is 10.1. The average Bonchev–Trinajstić information content (AvgIpc) is 2.53. The Kier molecular flexibility index (Phi) is 5.66. The van der Waals surface area contributed by atoms with Gasteiger partial charge in [-0.1, -0.05) is 12.1 Å². The van der Waals surface area contributed by atoms with Crippen molar-refractivity contribution in [1.82, 2.24) is 9.80 Å². The van der Waals surface area contributed by atoms with E-state index in [1.807, 2.05) is 13.1 Å². The quantitative estimate of drug-likeness (QED) is 0.628. The van der Waals surface area contributed by atoms with E-state index in [4.69, 9.17) is 0 Å². The Morgan fingerprint density at radius 1 is 1.26 bits per heavy atom. The number of carbonyl (C=O) groups excluding carboxylic acids is 1. The number of hydrogen-bond donors (Lipinski definition) is 0. The molecule has 23 heavy (non-hydrogen) atoms. The molecule has 5 nitrogen and oxygen atoms in total. The molecule has 1 amide bonds. The molecule has 0 radical (unpaired) electrons. The van der Waals surface area contributed by atoms with E-state index in [1.165, 1.54) is 30.3 Å². The zero-order chi connectivity index (χ0) is 16.8. The fourth-order valence-electron chi connectivity index (χ4n) is 2.23. The van der Waals surface area contributed by atoms with E-state index in [1.54, 1.807) is 4.90 Å². The number of alkyl halides is 2. The molecule has 7 heteroatoms. The molecule has 0 spiro atoms. The summed E-state index contributed by atoms with van der Waals surface area (Å²) in [6.07, 6.45) is 1.45. The van der Waals surface area contributed by atoms with Crippen LogP contribution in [0.5, 0.6) is 5.75 Å². The summed E-state index contributed by atoms with van der Waals surface area (Å²) in [5.41, 5.74) is 0.600. The Morgan fingerprint density at radius 3 is 2.39 bits per heavy atom. The van der Waals surface area contributed by atoms with E-state index in [0.717, 1.165) is 13.1 Å². The maximum Gasteiger partial charge on any atom is 0.387 e. The number of halogens is 2. The third-order valence-corrected chi connectivity index (χ3v) is 3.56. The van der Waals surface area contributed by atoms with Gasteiger partial charge in [-0.25, -0.2) is 0 Å². The van der Waals surface area contributed by atoms with Gasteiger partial charge in [0.15, 0.2) is 0 Å². The molecule has 1 heterocycles. The van der Waals surface area contributed by atoms with Crippen molar-refractivity contribution in [3.63, 3.8) is 0 Å². The number of nitrogens with zero attached hydrogens (tertiary/aromatic N) is 3. The van der Waals surface area contributed by atoms with Crippen LogP contribution in [0, 0.1) is 11.3 Å². The minimum atomic E-state index is -2.88. The van der Waals surface area contributed by atoms with Crippen LogP contribution in [0.25, 0.3) is 6.08 Å². The topological polar surface area (TPSA) is 56.6 Å².